The zero-order valence-corrected chi connectivity index (χ0v) is 15.3. The maximum absolute atomic E-state index is 12.3. The highest BCUT2D eigenvalue weighted by Gasteiger charge is 2.16. The number of carboxylic acids is 1. The minimum Gasteiger partial charge on any atom is -0.508 e. The van der Waals surface area contributed by atoms with Crippen molar-refractivity contribution < 1.29 is 34.1 Å². The molecule has 0 bridgehead atoms. The number of phenolic OH excluding ortho intramolecular Hbond substituents is 1. The first-order valence-electron chi connectivity index (χ1n) is 8.50. The molecule has 0 heterocycles. The number of esters is 2. The standard InChI is InChI=1S/C22H16O7/c1-13-2-4-14(5-3-13)21(26)28-18-10-16(20(24)25)11-19(12-18)29-22(27)15-6-8-17(23)9-7-15/h2-12,23H,1H3,(H,24,25). The van der Waals surface area contributed by atoms with Crippen LogP contribution in [-0.2, 0) is 0 Å². The Labute approximate surface area is 165 Å². The molecule has 7 nitrogen and oxygen atoms in total. The molecule has 3 rings (SSSR count). The van der Waals surface area contributed by atoms with Gasteiger partial charge in [-0.3, -0.25) is 0 Å². The van der Waals surface area contributed by atoms with Gasteiger partial charge >= 0.3 is 17.9 Å². The molecular weight excluding hydrogens is 376 g/mol. The number of phenols is 1. The SMILES string of the molecule is Cc1ccc(C(=O)Oc2cc(OC(=O)c3ccc(O)cc3)cc(C(=O)O)c2)cc1. The van der Waals surface area contributed by atoms with Crippen molar-refractivity contribution >= 4 is 17.9 Å². The normalized spacial score (nSPS) is 10.2. The number of carbonyl (C=O) groups excluding carboxylic acids is 2. The lowest BCUT2D eigenvalue weighted by molar-refractivity contribution is 0.0680. The van der Waals surface area contributed by atoms with Crippen LogP contribution in [0.5, 0.6) is 17.2 Å². The third kappa shape index (κ3) is 4.98. The molecule has 0 fully saturated rings. The molecule has 0 atom stereocenters. The van der Waals surface area contributed by atoms with Crippen LogP contribution in [0.15, 0.2) is 66.7 Å². The lowest BCUT2D eigenvalue weighted by Gasteiger charge is -2.10. The van der Waals surface area contributed by atoms with Crippen LogP contribution < -0.4 is 9.47 Å². The summed E-state index contributed by atoms with van der Waals surface area (Å²) in [4.78, 5) is 35.9. The van der Waals surface area contributed by atoms with E-state index in [4.69, 9.17) is 9.47 Å². The Hall–Kier alpha value is -4.13. The molecule has 146 valence electrons. The summed E-state index contributed by atoms with van der Waals surface area (Å²) in [5.41, 5.74) is 1.20. The first-order valence-corrected chi connectivity index (χ1v) is 8.50. The molecule has 0 amide bonds. The number of aromatic hydroxyl groups is 1. The number of carbonyl (C=O) groups is 3. The van der Waals surface area contributed by atoms with E-state index in [0.29, 0.717) is 5.56 Å². The van der Waals surface area contributed by atoms with Gasteiger partial charge in [-0.2, -0.15) is 0 Å². The van der Waals surface area contributed by atoms with E-state index < -0.39 is 17.9 Å². The fourth-order valence-corrected chi connectivity index (χ4v) is 2.43. The van der Waals surface area contributed by atoms with Crippen LogP contribution in [-0.4, -0.2) is 28.1 Å². The van der Waals surface area contributed by atoms with Gasteiger partial charge in [0.25, 0.3) is 0 Å². The van der Waals surface area contributed by atoms with E-state index in [1.807, 2.05) is 6.92 Å². The molecule has 0 aliphatic rings. The fourth-order valence-electron chi connectivity index (χ4n) is 2.43. The lowest BCUT2D eigenvalue weighted by atomic mass is 10.1. The third-order valence-corrected chi connectivity index (χ3v) is 3.94. The predicted octanol–water partition coefficient (Wildman–Crippen LogP) is 3.84. The molecular formula is C22H16O7. The van der Waals surface area contributed by atoms with Crippen LogP contribution in [0.2, 0.25) is 0 Å². The average Bonchev–Trinajstić information content (AvgIpc) is 2.68. The molecule has 0 saturated heterocycles. The van der Waals surface area contributed by atoms with E-state index in [2.05, 4.69) is 0 Å². The van der Waals surface area contributed by atoms with Crippen molar-refractivity contribution in [3.8, 4) is 17.2 Å². The lowest BCUT2D eigenvalue weighted by Crippen LogP contribution is -2.11. The van der Waals surface area contributed by atoms with E-state index in [0.717, 1.165) is 17.7 Å². The van der Waals surface area contributed by atoms with Crippen molar-refractivity contribution in [2.45, 2.75) is 6.92 Å². The number of ether oxygens (including phenoxy) is 2. The Morgan fingerprint density at radius 3 is 1.59 bits per heavy atom. The smallest absolute Gasteiger partial charge is 0.343 e. The molecule has 7 heteroatoms. The van der Waals surface area contributed by atoms with E-state index in [-0.39, 0.29) is 28.4 Å². The average molecular weight is 392 g/mol. The quantitative estimate of drug-likeness (QED) is 0.501. The number of carboxylic acid groups (broad SMARTS) is 1. The summed E-state index contributed by atoms with van der Waals surface area (Å²) in [6.45, 7) is 1.88. The molecule has 0 aliphatic carbocycles. The summed E-state index contributed by atoms with van der Waals surface area (Å²) < 4.78 is 10.4. The van der Waals surface area contributed by atoms with Crippen LogP contribution in [0.4, 0.5) is 0 Å². The summed E-state index contributed by atoms with van der Waals surface area (Å²) in [6.07, 6.45) is 0. The number of benzene rings is 3. The van der Waals surface area contributed by atoms with Crippen molar-refractivity contribution in [2.24, 2.45) is 0 Å². The number of hydrogen-bond acceptors (Lipinski definition) is 6. The second-order valence-electron chi connectivity index (χ2n) is 6.19. The third-order valence-electron chi connectivity index (χ3n) is 3.94. The topological polar surface area (TPSA) is 110 Å². The van der Waals surface area contributed by atoms with E-state index >= 15 is 0 Å². The Morgan fingerprint density at radius 1 is 0.690 bits per heavy atom. The first-order chi connectivity index (χ1) is 13.8. The van der Waals surface area contributed by atoms with Crippen LogP contribution >= 0.6 is 0 Å². The molecule has 0 aliphatic heterocycles. The van der Waals surface area contributed by atoms with Gasteiger partial charge in [-0.15, -0.1) is 0 Å². The van der Waals surface area contributed by atoms with Crippen LogP contribution in [0, 0.1) is 6.92 Å². The molecule has 3 aromatic rings. The van der Waals surface area contributed by atoms with Crippen LogP contribution in [0.25, 0.3) is 0 Å². The number of aryl methyl sites for hydroxylation is 1. The second-order valence-corrected chi connectivity index (χ2v) is 6.19. The van der Waals surface area contributed by atoms with Gasteiger partial charge in [0.15, 0.2) is 0 Å². The minimum atomic E-state index is -1.28. The van der Waals surface area contributed by atoms with Gasteiger partial charge in [0.1, 0.15) is 17.2 Å². The van der Waals surface area contributed by atoms with Gasteiger partial charge in [0, 0.05) is 6.07 Å². The summed E-state index contributed by atoms with van der Waals surface area (Å²) in [5.74, 6) is -2.91. The molecule has 0 unspecified atom stereocenters. The Kier molecular flexibility index (Phi) is 5.59. The van der Waals surface area contributed by atoms with E-state index in [1.165, 1.54) is 30.3 Å². The Bertz CT molecular complexity index is 990. The van der Waals surface area contributed by atoms with Gasteiger partial charge < -0.3 is 19.7 Å². The second kappa shape index (κ2) is 8.26. The molecule has 0 spiro atoms. The molecule has 0 radical (unpaired) electrons. The molecule has 0 aromatic heterocycles. The molecule has 29 heavy (non-hydrogen) atoms. The van der Waals surface area contributed by atoms with Crippen molar-refractivity contribution in [3.05, 3.63) is 89.0 Å². The number of aromatic carboxylic acids is 1. The zero-order chi connectivity index (χ0) is 21.0. The Morgan fingerprint density at radius 2 is 1.14 bits per heavy atom. The summed E-state index contributed by atoms with van der Waals surface area (Å²) in [6, 6.07) is 15.6. The van der Waals surface area contributed by atoms with Gasteiger partial charge in [-0.25, -0.2) is 14.4 Å². The van der Waals surface area contributed by atoms with Crippen molar-refractivity contribution in [1.29, 1.82) is 0 Å². The van der Waals surface area contributed by atoms with E-state index in [9.17, 15) is 24.6 Å². The maximum Gasteiger partial charge on any atom is 0.343 e. The fraction of sp³-hybridized carbons (Fsp3) is 0.0455. The highest BCUT2D eigenvalue weighted by Crippen LogP contribution is 2.25. The zero-order valence-electron chi connectivity index (χ0n) is 15.3. The molecule has 3 aromatic carbocycles. The monoisotopic (exact) mass is 392 g/mol. The van der Waals surface area contributed by atoms with Gasteiger partial charge in [-0.1, -0.05) is 17.7 Å². The van der Waals surface area contributed by atoms with Crippen molar-refractivity contribution in [1.82, 2.24) is 0 Å². The highest BCUT2D eigenvalue weighted by atomic mass is 16.5. The van der Waals surface area contributed by atoms with Gasteiger partial charge in [0.2, 0.25) is 0 Å². The predicted molar refractivity (Wildman–Crippen MR) is 103 cm³/mol. The van der Waals surface area contributed by atoms with Crippen LogP contribution in [0.3, 0.4) is 0 Å². The minimum absolute atomic E-state index is 0.0141. The first kappa shape index (κ1) is 19.6. The van der Waals surface area contributed by atoms with Crippen molar-refractivity contribution in [3.63, 3.8) is 0 Å². The molecule has 2 N–H and O–H groups in total. The van der Waals surface area contributed by atoms with Gasteiger partial charge in [-0.05, 0) is 55.5 Å². The van der Waals surface area contributed by atoms with Crippen LogP contribution in [0.1, 0.15) is 36.6 Å². The number of hydrogen-bond donors (Lipinski definition) is 2. The summed E-state index contributed by atoms with van der Waals surface area (Å²) in [5, 5.41) is 18.6. The van der Waals surface area contributed by atoms with Crippen molar-refractivity contribution in [2.75, 3.05) is 0 Å². The summed E-state index contributed by atoms with van der Waals surface area (Å²) in [7, 11) is 0. The van der Waals surface area contributed by atoms with Gasteiger partial charge in [0.05, 0.1) is 16.7 Å². The van der Waals surface area contributed by atoms with E-state index in [1.54, 1.807) is 24.3 Å². The largest absolute Gasteiger partial charge is 0.508 e. The Balaban J connectivity index is 1.84. The maximum atomic E-state index is 12.3. The number of rotatable bonds is 5. The highest BCUT2D eigenvalue weighted by molar-refractivity contribution is 5.94. The molecule has 0 saturated carbocycles. The summed E-state index contributed by atoms with van der Waals surface area (Å²) >= 11 is 0.